The molecule has 2 aromatic heterocycles. The minimum absolute atomic E-state index is 0.173. The van der Waals surface area contributed by atoms with Crippen molar-refractivity contribution in [3.8, 4) is 0 Å². The fourth-order valence-corrected chi connectivity index (χ4v) is 2.99. The van der Waals surface area contributed by atoms with Crippen molar-refractivity contribution in [3.05, 3.63) is 33.0 Å². The molecule has 2 N–H and O–H groups in total. The molecule has 4 nitrogen and oxygen atoms in total. The minimum Gasteiger partial charge on any atom is -0.322 e. The van der Waals surface area contributed by atoms with Gasteiger partial charge in [0.15, 0.2) is 0 Å². The highest BCUT2D eigenvalue weighted by molar-refractivity contribution is 7.09. The molecular weight excluding hydrogens is 268 g/mol. The van der Waals surface area contributed by atoms with Crippen LogP contribution in [0.15, 0.2) is 11.6 Å². The van der Waals surface area contributed by atoms with Gasteiger partial charge in [0.25, 0.3) is 0 Å². The SMILES string of the molecule is Cc1csc(CC(N)c2c(Cl)cnn2C(C)C)n1. The Hall–Kier alpha value is -0.910. The van der Waals surface area contributed by atoms with E-state index in [1.54, 1.807) is 17.5 Å². The molecular formula is C12H17ClN4S. The molecule has 2 rings (SSSR count). The van der Waals surface area contributed by atoms with Gasteiger partial charge >= 0.3 is 0 Å². The summed E-state index contributed by atoms with van der Waals surface area (Å²) in [6.07, 6.45) is 2.35. The van der Waals surface area contributed by atoms with Crippen LogP contribution in [-0.2, 0) is 6.42 Å². The molecule has 0 saturated heterocycles. The number of thiazole rings is 1. The standard InChI is InChI=1S/C12H17ClN4S/c1-7(2)17-12(9(13)5-15-17)10(14)4-11-16-8(3)6-18-11/h5-7,10H,4,14H2,1-3H3. The highest BCUT2D eigenvalue weighted by atomic mass is 35.5. The molecule has 0 aliphatic carbocycles. The van der Waals surface area contributed by atoms with E-state index in [4.69, 9.17) is 17.3 Å². The van der Waals surface area contributed by atoms with Gasteiger partial charge in [-0.2, -0.15) is 5.10 Å². The average molecular weight is 285 g/mol. The van der Waals surface area contributed by atoms with E-state index >= 15 is 0 Å². The highest BCUT2D eigenvalue weighted by Crippen LogP contribution is 2.27. The summed E-state index contributed by atoms with van der Waals surface area (Å²) in [4.78, 5) is 4.43. The summed E-state index contributed by atoms with van der Waals surface area (Å²) in [6, 6.07) is 0.0736. The van der Waals surface area contributed by atoms with Crippen molar-refractivity contribution in [2.24, 2.45) is 5.73 Å². The summed E-state index contributed by atoms with van der Waals surface area (Å²) < 4.78 is 1.88. The fraction of sp³-hybridized carbons (Fsp3) is 0.500. The van der Waals surface area contributed by atoms with E-state index in [-0.39, 0.29) is 12.1 Å². The van der Waals surface area contributed by atoms with Crippen LogP contribution in [0.2, 0.25) is 5.02 Å². The second-order valence-corrected chi connectivity index (χ2v) is 5.96. The molecule has 0 aromatic carbocycles. The number of aromatic nitrogens is 3. The Morgan fingerprint density at radius 3 is 2.78 bits per heavy atom. The number of hydrogen-bond acceptors (Lipinski definition) is 4. The summed E-state index contributed by atoms with van der Waals surface area (Å²) in [7, 11) is 0. The van der Waals surface area contributed by atoms with Gasteiger partial charge < -0.3 is 5.73 Å². The zero-order chi connectivity index (χ0) is 13.3. The van der Waals surface area contributed by atoms with Crippen molar-refractivity contribution in [2.45, 2.75) is 39.3 Å². The molecule has 0 saturated carbocycles. The first-order valence-corrected chi connectivity index (χ1v) is 7.14. The number of hydrogen-bond donors (Lipinski definition) is 1. The van der Waals surface area contributed by atoms with Gasteiger partial charge in [-0.25, -0.2) is 4.98 Å². The first-order valence-electron chi connectivity index (χ1n) is 5.88. The Labute approximate surface area is 116 Å². The predicted octanol–water partition coefficient (Wildman–Crippen LogP) is 3.12. The lowest BCUT2D eigenvalue weighted by Crippen LogP contribution is -2.20. The topological polar surface area (TPSA) is 56.7 Å². The molecule has 0 aliphatic heterocycles. The normalized spacial score (nSPS) is 13.2. The van der Waals surface area contributed by atoms with Crippen molar-refractivity contribution in [2.75, 3.05) is 0 Å². The van der Waals surface area contributed by atoms with Crippen molar-refractivity contribution in [1.29, 1.82) is 0 Å². The summed E-state index contributed by atoms with van der Waals surface area (Å²) >= 11 is 7.81. The third-order valence-electron chi connectivity index (χ3n) is 2.69. The number of aryl methyl sites for hydroxylation is 1. The van der Waals surface area contributed by atoms with Gasteiger partial charge in [0.1, 0.15) is 0 Å². The van der Waals surface area contributed by atoms with Crippen LogP contribution in [0.4, 0.5) is 0 Å². The molecule has 2 aromatic rings. The maximum atomic E-state index is 6.24. The minimum atomic E-state index is -0.173. The molecule has 0 aliphatic rings. The lowest BCUT2D eigenvalue weighted by molar-refractivity contribution is 0.485. The highest BCUT2D eigenvalue weighted by Gasteiger charge is 2.19. The van der Waals surface area contributed by atoms with Crippen molar-refractivity contribution >= 4 is 22.9 Å². The van der Waals surface area contributed by atoms with Crippen LogP contribution in [0.3, 0.4) is 0 Å². The fourth-order valence-electron chi connectivity index (χ4n) is 1.89. The van der Waals surface area contributed by atoms with E-state index < -0.39 is 0 Å². The predicted molar refractivity (Wildman–Crippen MR) is 75.1 cm³/mol. The van der Waals surface area contributed by atoms with Gasteiger partial charge in [0.2, 0.25) is 0 Å². The Morgan fingerprint density at radius 1 is 1.50 bits per heavy atom. The molecule has 0 spiro atoms. The molecule has 6 heteroatoms. The molecule has 0 bridgehead atoms. The van der Waals surface area contributed by atoms with Crippen LogP contribution < -0.4 is 5.73 Å². The van der Waals surface area contributed by atoms with Crippen LogP contribution >= 0.6 is 22.9 Å². The maximum absolute atomic E-state index is 6.24. The molecule has 18 heavy (non-hydrogen) atoms. The van der Waals surface area contributed by atoms with Crippen molar-refractivity contribution in [1.82, 2.24) is 14.8 Å². The molecule has 0 fully saturated rings. The second kappa shape index (κ2) is 5.38. The van der Waals surface area contributed by atoms with Crippen LogP contribution in [0.1, 0.15) is 42.3 Å². The molecule has 2 heterocycles. The third-order valence-corrected chi connectivity index (χ3v) is 3.97. The summed E-state index contributed by atoms with van der Waals surface area (Å²) in [6.45, 7) is 6.11. The average Bonchev–Trinajstić information content (AvgIpc) is 2.85. The first kappa shape index (κ1) is 13.5. The Balaban J connectivity index is 2.23. The van der Waals surface area contributed by atoms with Crippen molar-refractivity contribution in [3.63, 3.8) is 0 Å². The van der Waals surface area contributed by atoms with E-state index in [0.29, 0.717) is 11.4 Å². The molecule has 0 amide bonds. The smallest absolute Gasteiger partial charge is 0.0947 e. The maximum Gasteiger partial charge on any atom is 0.0947 e. The zero-order valence-corrected chi connectivity index (χ0v) is 12.3. The van der Waals surface area contributed by atoms with Gasteiger partial charge in [0.05, 0.1) is 28.0 Å². The molecule has 1 unspecified atom stereocenters. The van der Waals surface area contributed by atoms with Crippen LogP contribution in [0.5, 0.6) is 0 Å². The summed E-state index contributed by atoms with van der Waals surface area (Å²) in [5.74, 6) is 0. The molecule has 0 radical (unpaired) electrons. The van der Waals surface area contributed by atoms with Gasteiger partial charge in [-0.3, -0.25) is 4.68 Å². The van der Waals surface area contributed by atoms with E-state index in [1.165, 1.54) is 0 Å². The van der Waals surface area contributed by atoms with E-state index in [2.05, 4.69) is 23.9 Å². The Kier molecular flexibility index (Phi) is 4.04. The number of rotatable bonds is 4. The zero-order valence-electron chi connectivity index (χ0n) is 10.7. The van der Waals surface area contributed by atoms with Crippen LogP contribution in [0, 0.1) is 6.92 Å². The number of nitrogens with two attached hydrogens (primary N) is 1. The first-order chi connectivity index (χ1) is 8.49. The van der Waals surface area contributed by atoms with Gasteiger partial charge in [-0.05, 0) is 20.8 Å². The van der Waals surface area contributed by atoms with Gasteiger partial charge in [-0.15, -0.1) is 11.3 Å². The Morgan fingerprint density at radius 2 is 2.22 bits per heavy atom. The quantitative estimate of drug-likeness (QED) is 0.938. The lowest BCUT2D eigenvalue weighted by atomic mass is 10.1. The molecule has 1 atom stereocenters. The third kappa shape index (κ3) is 2.74. The number of nitrogens with zero attached hydrogens (tertiary/aromatic N) is 3. The number of halogens is 1. The second-order valence-electron chi connectivity index (χ2n) is 4.61. The summed E-state index contributed by atoms with van der Waals surface area (Å²) in [5, 5.41) is 7.97. The largest absolute Gasteiger partial charge is 0.322 e. The monoisotopic (exact) mass is 284 g/mol. The summed E-state index contributed by atoms with van der Waals surface area (Å²) in [5.41, 5.74) is 8.16. The van der Waals surface area contributed by atoms with E-state index in [0.717, 1.165) is 16.4 Å². The molecule has 98 valence electrons. The van der Waals surface area contributed by atoms with E-state index in [9.17, 15) is 0 Å². The van der Waals surface area contributed by atoms with E-state index in [1.807, 2.05) is 17.0 Å². The Bertz CT molecular complexity index is 532. The lowest BCUT2D eigenvalue weighted by Gasteiger charge is -2.16. The van der Waals surface area contributed by atoms with Crippen LogP contribution in [0.25, 0.3) is 0 Å². The van der Waals surface area contributed by atoms with Gasteiger partial charge in [0, 0.05) is 23.5 Å². The van der Waals surface area contributed by atoms with Crippen molar-refractivity contribution < 1.29 is 0 Å². The van der Waals surface area contributed by atoms with Crippen LogP contribution in [-0.4, -0.2) is 14.8 Å². The van der Waals surface area contributed by atoms with Gasteiger partial charge in [-0.1, -0.05) is 11.6 Å².